The Kier molecular flexibility index (Phi) is 5.50. The van der Waals surface area contributed by atoms with E-state index >= 15 is 4.39 Å². The lowest BCUT2D eigenvalue weighted by Gasteiger charge is -2.29. The summed E-state index contributed by atoms with van der Waals surface area (Å²) >= 11 is 6.00. The molecule has 0 radical (unpaired) electrons. The predicted octanol–water partition coefficient (Wildman–Crippen LogP) is 5.51. The molecule has 1 aliphatic heterocycles. The molecule has 0 bridgehead atoms. The number of hydrogen-bond donors (Lipinski definition) is 0. The first-order chi connectivity index (χ1) is 17.2. The molecule has 4 heterocycles. The summed E-state index contributed by atoms with van der Waals surface area (Å²) in [5.41, 5.74) is 3.77. The van der Waals surface area contributed by atoms with Crippen molar-refractivity contribution in [2.45, 2.75) is 64.0 Å². The molecule has 9 heteroatoms. The van der Waals surface area contributed by atoms with Gasteiger partial charge in [0.1, 0.15) is 11.5 Å². The van der Waals surface area contributed by atoms with Gasteiger partial charge in [0.2, 0.25) is 0 Å². The normalized spacial score (nSPS) is 21.1. The van der Waals surface area contributed by atoms with Gasteiger partial charge in [0, 0.05) is 52.3 Å². The SMILES string of the molecule is Cc1nc2c(-c3ccc(Cl)cc3F)nc([C@H]3CCO[C@@H](c4cnn(C5(C)CC5)c4)C3)cn2c(=O)c1C. The fourth-order valence-corrected chi connectivity index (χ4v) is 5.08. The van der Waals surface area contributed by atoms with E-state index in [0.717, 1.165) is 24.8 Å². The van der Waals surface area contributed by atoms with Crippen LogP contribution in [-0.4, -0.2) is 30.8 Å². The first-order valence-corrected chi connectivity index (χ1v) is 12.6. The Morgan fingerprint density at radius 3 is 2.75 bits per heavy atom. The minimum atomic E-state index is -0.507. The largest absolute Gasteiger partial charge is 0.373 e. The number of benzene rings is 1. The van der Waals surface area contributed by atoms with Crippen LogP contribution in [0.15, 0.2) is 41.6 Å². The lowest BCUT2D eigenvalue weighted by atomic mass is 9.90. The molecule has 1 aliphatic carbocycles. The quantitative estimate of drug-likeness (QED) is 0.364. The van der Waals surface area contributed by atoms with Crippen LogP contribution in [0.5, 0.6) is 0 Å². The van der Waals surface area contributed by atoms with Crippen LogP contribution in [-0.2, 0) is 10.3 Å². The molecule has 0 spiro atoms. The number of nitrogens with zero attached hydrogens (tertiary/aromatic N) is 5. The van der Waals surface area contributed by atoms with Crippen LogP contribution in [0.25, 0.3) is 16.9 Å². The topological polar surface area (TPSA) is 74.3 Å². The van der Waals surface area contributed by atoms with E-state index in [0.29, 0.717) is 46.3 Å². The van der Waals surface area contributed by atoms with Gasteiger partial charge in [-0.1, -0.05) is 11.6 Å². The number of halogens is 2. The standard InChI is InChI=1S/C27H27ClFN5O2/c1-15-16(2)31-25-24(20-5-4-19(28)11-21(20)29)32-22(14-33(25)26(15)35)17-6-9-36-23(10-17)18-12-30-34(13-18)27(3)7-8-27/h4-5,11-14,17,23H,6-10H2,1-3H3/t17-,23+/m0/s1. The highest BCUT2D eigenvalue weighted by atomic mass is 35.5. The van der Waals surface area contributed by atoms with Gasteiger partial charge in [-0.3, -0.25) is 13.9 Å². The molecule has 186 valence electrons. The van der Waals surface area contributed by atoms with E-state index in [1.807, 2.05) is 10.9 Å². The van der Waals surface area contributed by atoms with Crippen molar-refractivity contribution in [1.82, 2.24) is 24.1 Å². The van der Waals surface area contributed by atoms with Gasteiger partial charge in [0.15, 0.2) is 5.65 Å². The van der Waals surface area contributed by atoms with Gasteiger partial charge in [-0.05, 0) is 64.7 Å². The third kappa shape index (κ3) is 3.92. The first-order valence-electron chi connectivity index (χ1n) is 12.3. The molecule has 2 aliphatic rings. The lowest BCUT2D eigenvalue weighted by Crippen LogP contribution is -2.24. The molecule has 7 nitrogen and oxygen atoms in total. The number of fused-ring (bicyclic) bond motifs is 1. The van der Waals surface area contributed by atoms with E-state index in [2.05, 4.69) is 23.2 Å². The number of ether oxygens (including phenoxy) is 1. The molecule has 3 aromatic heterocycles. The second-order valence-electron chi connectivity index (χ2n) is 10.3. The highest BCUT2D eigenvalue weighted by molar-refractivity contribution is 6.30. The molecular formula is C27H27ClFN5O2. The Hall–Kier alpha value is -3.10. The molecule has 1 saturated heterocycles. The molecule has 0 amide bonds. The van der Waals surface area contributed by atoms with Crippen LogP contribution >= 0.6 is 11.6 Å². The lowest BCUT2D eigenvalue weighted by molar-refractivity contribution is 0.00451. The molecule has 36 heavy (non-hydrogen) atoms. The van der Waals surface area contributed by atoms with E-state index in [4.69, 9.17) is 21.3 Å². The van der Waals surface area contributed by atoms with Crippen molar-refractivity contribution in [3.05, 3.63) is 80.5 Å². The van der Waals surface area contributed by atoms with E-state index in [9.17, 15) is 4.79 Å². The summed E-state index contributed by atoms with van der Waals surface area (Å²) in [5.74, 6) is -0.483. The van der Waals surface area contributed by atoms with Gasteiger partial charge in [0.05, 0.1) is 23.5 Å². The summed E-state index contributed by atoms with van der Waals surface area (Å²) in [6, 6.07) is 4.46. The van der Waals surface area contributed by atoms with E-state index in [-0.39, 0.29) is 28.7 Å². The number of aromatic nitrogens is 5. The van der Waals surface area contributed by atoms with Crippen LogP contribution in [0.2, 0.25) is 5.02 Å². The number of hydrogen-bond acceptors (Lipinski definition) is 5. The molecule has 1 saturated carbocycles. The van der Waals surface area contributed by atoms with Crippen LogP contribution in [0.1, 0.15) is 67.1 Å². The summed E-state index contributed by atoms with van der Waals surface area (Å²) in [4.78, 5) is 22.8. The Morgan fingerprint density at radius 2 is 2.00 bits per heavy atom. The number of aryl methyl sites for hydroxylation is 1. The molecule has 0 unspecified atom stereocenters. The average molecular weight is 508 g/mol. The predicted molar refractivity (Wildman–Crippen MR) is 135 cm³/mol. The van der Waals surface area contributed by atoms with Crippen molar-refractivity contribution in [2.24, 2.45) is 0 Å². The summed E-state index contributed by atoms with van der Waals surface area (Å²) in [6.45, 7) is 6.29. The zero-order valence-electron chi connectivity index (χ0n) is 20.5. The zero-order valence-corrected chi connectivity index (χ0v) is 21.2. The molecule has 2 atom stereocenters. The van der Waals surface area contributed by atoms with Gasteiger partial charge >= 0.3 is 0 Å². The van der Waals surface area contributed by atoms with Gasteiger partial charge < -0.3 is 4.74 Å². The summed E-state index contributed by atoms with van der Waals surface area (Å²) < 4.78 is 24.7. The van der Waals surface area contributed by atoms with Crippen molar-refractivity contribution in [3.8, 4) is 11.3 Å². The summed E-state index contributed by atoms with van der Waals surface area (Å²) in [7, 11) is 0. The third-order valence-corrected chi connectivity index (χ3v) is 7.92. The van der Waals surface area contributed by atoms with Crippen molar-refractivity contribution >= 4 is 17.2 Å². The molecule has 6 rings (SSSR count). The van der Waals surface area contributed by atoms with Crippen molar-refractivity contribution in [2.75, 3.05) is 6.61 Å². The minimum Gasteiger partial charge on any atom is -0.373 e. The van der Waals surface area contributed by atoms with Gasteiger partial charge in [0.25, 0.3) is 5.56 Å². The second-order valence-corrected chi connectivity index (χ2v) is 10.7. The van der Waals surface area contributed by atoms with Gasteiger partial charge in [-0.25, -0.2) is 14.4 Å². The summed E-state index contributed by atoms with van der Waals surface area (Å²) in [5, 5.41) is 4.87. The molecule has 1 aromatic carbocycles. The van der Waals surface area contributed by atoms with Crippen LogP contribution < -0.4 is 5.56 Å². The highest BCUT2D eigenvalue weighted by Crippen LogP contribution is 2.44. The fraction of sp³-hybridized carbons (Fsp3) is 0.407. The molecule has 4 aromatic rings. The first kappa shape index (κ1) is 23.3. The van der Waals surface area contributed by atoms with Crippen molar-refractivity contribution in [1.29, 1.82) is 0 Å². The van der Waals surface area contributed by atoms with Crippen LogP contribution in [0.4, 0.5) is 4.39 Å². The smallest absolute Gasteiger partial charge is 0.261 e. The Labute approximate surface area is 212 Å². The van der Waals surface area contributed by atoms with Crippen molar-refractivity contribution < 1.29 is 9.13 Å². The number of rotatable bonds is 4. The molecular weight excluding hydrogens is 481 g/mol. The highest BCUT2D eigenvalue weighted by Gasteiger charge is 2.40. The third-order valence-electron chi connectivity index (χ3n) is 7.69. The van der Waals surface area contributed by atoms with Crippen LogP contribution in [0.3, 0.4) is 0 Å². The Balaban J connectivity index is 1.44. The average Bonchev–Trinajstić information content (AvgIpc) is 3.41. The van der Waals surface area contributed by atoms with E-state index in [1.54, 1.807) is 32.2 Å². The second kappa shape index (κ2) is 8.49. The monoisotopic (exact) mass is 507 g/mol. The maximum Gasteiger partial charge on any atom is 0.261 e. The fourth-order valence-electron chi connectivity index (χ4n) is 4.92. The molecule has 2 fully saturated rings. The zero-order chi connectivity index (χ0) is 25.2. The molecule has 0 N–H and O–H groups in total. The summed E-state index contributed by atoms with van der Waals surface area (Å²) in [6.07, 6.45) is 9.32. The maximum atomic E-state index is 15.0. The Bertz CT molecular complexity index is 1560. The van der Waals surface area contributed by atoms with E-state index < -0.39 is 5.82 Å². The van der Waals surface area contributed by atoms with Crippen LogP contribution in [0, 0.1) is 19.7 Å². The van der Waals surface area contributed by atoms with Gasteiger partial charge in [-0.15, -0.1) is 0 Å². The van der Waals surface area contributed by atoms with Gasteiger partial charge in [-0.2, -0.15) is 5.10 Å². The minimum absolute atomic E-state index is 0.0237. The maximum absolute atomic E-state index is 15.0. The Morgan fingerprint density at radius 1 is 1.19 bits per heavy atom. The van der Waals surface area contributed by atoms with E-state index in [1.165, 1.54) is 10.5 Å². The van der Waals surface area contributed by atoms with Crippen molar-refractivity contribution in [3.63, 3.8) is 0 Å².